The number of aldehydes is 1. The minimum atomic E-state index is 0.0993. The second-order valence-electron chi connectivity index (χ2n) is 8.74. The zero-order valence-electron chi connectivity index (χ0n) is 18.6. The van der Waals surface area contributed by atoms with Crippen molar-refractivity contribution in [2.75, 3.05) is 31.1 Å². The van der Waals surface area contributed by atoms with Crippen molar-refractivity contribution in [3.8, 4) is 0 Å². The van der Waals surface area contributed by atoms with Crippen molar-refractivity contribution in [1.29, 1.82) is 0 Å². The van der Waals surface area contributed by atoms with Crippen molar-refractivity contribution < 1.29 is 9.59 Å². The van der Waals surface area contributed by atoms with E-state index in [1.54, 1.807) is 6.20 Å². The van der Waals surface area contributed by atoms with Crippen molar-refractivity contribution in [1.82, 2.24) is 15.2 Å². The molecule has 1 saturated heterocycles. The van der Waals surface area contributed by atoms with Crippen molar-refractivity contribution in [2.45, 2.75) is 46.1 Å². The molecule has 0 aliphatic carbocycles. The summed E-state index contributed by atoms with van der Waals surface area (Å²) >= 11 is 0. The van der Waals surface area contributed by atoms with Gasteiger partial charge in [0.2, 0.25) is 0 Å². The highest BCUT2D eigenvalue weighted by Gasteiger charge is 2.25. The first kappa shape index (κ1) is 21.5. The monoisotopic (exact) mass is 420 g/mol. The molecule has 2 aliphatic heterocycles. The Morgan fingerprint density at radius 2 is 2.13 bits per heavy atom. The number of amides is 1. The lowest BCUT2D eigenvalue weighted by atomic mass is 9.98. The molecule has 0 spiro atoms. The van der Waals surface area contributed by atoms with Gasteiger partial charge < -0.3 is 15.1 Å². The Morgan fingerprint density at radius 1 is 1.26 bits per heavy atom. The zero-order valence-corrected chi connectivity index (χ0v) is 18.6. The van der Waals surface area contributed by atoms with Crippen molar-refractivity contribution in [3.05, 3.63) is 52.7 Å². The molecule has 1 N–H and O–H groups in total. The van der Waals surface area contributed by atoms with E-state index in [0.29, 0.717) is 23.6 Å². The number of carbonyl (C=O) groups is 2. The molecule has 6 heteroatoms. The number of rotatable bonds is 6. The van der Waals surface area contributed by atoms with Crippen LogP contribution in [0.25, 0.3) is 0 Å². The number of fused-ring (bicyclic) bond motifs is 1. The predicted octanol–water partition coefficient (Wildman–Crippen LogP) is 3.96. The molecule has 31 heavy (non-hydrogen) atoms. The lowest BCUT2D eigenvalue weighted by Gasteiger charge is -2.32. The van der Waals surface area contributed by atoms with E-state index < -0.39 is 0 Å². The summed E-state index contributed by atoms with van der Waals surface area (Å²) in [5.74, 6) is 1.58. The second-order valence-corrected chi connectivity index (χ2v) is 8.74. The number of hydrogen-bond donors (Lipinski definition) is 1. The molecule has 6 nitrogen and oxygen atoms in total. The quantitative estimate of drug-likeness (QED) is 0.717. The van der Waals surface area contributed by atoms with Crippen molar-refractivity contribution in [2.24, 2.45) is 5.92 Å². The molecule has 0 unspecified atom stereocenters. The highest BCUT2D eigenvalue weighted by atomic mass is 16.2. The summed E-state index contributed by atoms with van der Waals surface area (Å²) in [6.07, 6.45) is 6.85. The van der Waals surface area contributed by atoms with Crippen molar-refractivity contribution >= 4 is 23.7 Å². The number of benzene rings is 1. The lowest BCUT2D eigenvalue weighted by molar-refractivity contribution is 0.0682. The van der Waals surface area contributed by atoms with Gasteiger partial charge in [-0.3, -0.25) is 9.59 Å². The summed E-state index contributed by atoms with van der Waals surface area (Å²) in [4.78, 5) is 33.4. The molecule has 3 heterocycles. The Kier molecular flexibility index (Phi) is 6.66. The average Bonchev–Trinajstić information content (AvgIpc) is 2.81. The molecule has 4 rings (SSSR count). The number of aromatic nitrogens is 1. The van der Waals surface area contributed by atoms with Gasteiger partial charge in [-0.05, 0) is 73.5 Å². The number of anilines is 2. The summed E-state index contributed by atoms with van der Waals surface area (Å²) in [5, 5.41) is 3.31. The fourth-order valence-corrected chi connectivity index (χ4v) is 4.68. The number of pyridine rings is 1. The molecule has 2 aromatic rings. The maximum absolute atomic E-state index is 13.0. The third-order valence-electron chi connectivity index (χ3n) is 6.35. The van der Waals surface area contributed by atoms with E-state index in [0.717, 1.165) is 74.4 Å². The Morgan fingerprint density at radius 3 is 2.90 bits per heavy atom. The van der Waals surface area contributed by atoms with E-state index in [2.05, 4.69) is 30.1 Å². The first-order chi connectivity index (χ1) is 15.1. The van der Waals surface area contributed by atoms with Gasteiger partial charge >= 0.3 is 0 Å². The molecule has 164 valence electrons. The number of nitrogens with one attached hydrogen (secondary N) is 1. The van der Waals surface area contributed by atoms with Gasteiger partial charge in [0.05, 0.1) is 5.56 Å². The summed E-state index contributed by atoms with van der Waals surface area (Å²) in [6, 6.07) is 8.00. The summed E-state index contributed by atoms with van der Waals surface area (Å²) in [6.45, 7) is 8.32. The third kappa shape index (κ3) is 4.64. The number of aryl methyl sites for hydroxylation is 1. The molecule has 2 aliphatic rings. The molecule has 0 radical (unpaired) electrons. The SMILES string of the molecule is CCNCc1cc(N2CCCc3cc(C(=O)N4CCC[C@H](C)C4)cnc32)ccc1C=O. The van der Waals surface area contributed by atoms with Gasteiger partial charge in [-0.15, -0.1) is 0 Å². The fourth-order valence-electron chi connectivity index (χ4n) is 4.68. The van der Waals surface area contributed by atoms with Crippen LogP contribution in [0.1, 0.15) is 65.0 Å². The molecule has 1 aromatic heterocycles. The normalized spacial score (nSPS) is 18.6. The van der Waals surface area contributed by atoms with Crippen molar-refractivity contribution in [3.63, 3.8) is 0 Å². The Bertz CT molecular complexity index is 959. The van der Waals surface area contributed by atoms with Crippen LogP contribution in [0.5, 0.6) is 0 Å². The Hall–Kier alpha value is -2.73. The first-order valence-electron chi connectivity index (χ1n) is 11.4. The van der Waals surface area contributed by atoms with E-state index in [1.807, 2.05) is 23.1 Å². The summed E-state index contributed by atoms with van der Waals surface area (Å²) < 4.78 is 0. The number of nitrogens with zero attached hydrogens (tertiary/aromatic N) is 3. The maximum atomic E-state index is 13.0. The van der Waals surface area contributed by atoms with Gasteiger partial charge in [-0.1, -0.05) is 13.8 Å². The molecule has 1 amide bonds. The lowest BCUT2D eigenvalue weighted by Crippen LogP contribution is -2.39. The van der Waals surface area contributed by atoms with Gasteiger partial charge in [0.1, 0.15) is 12.1 Å². The van der Waals surface area contributed by atoms with Gasteiger partial charge in [-0.25, -0.2) is 4.98 Å². The molecule has 1 aromatic carbocycles. The van der Waals surface area contributed by atoms with Crippen LogP contribution in [0.3, 0.4) is 0 Å². The van der Waals surface area contributed by atoms with Gasteiger partial charge in [-0.2, -0.15) is 0 Å². The highest BCUT2D eigenvalue weighted by Crippen LogP contribution is 2.33. The van der Waals surface area contributed by atoms with Gasteiger partial charge in [0.25, 0.3) is 5.91 Å². The average molecular weight is 421 g/mol. The van der Waals surface area contributed by atoms with Crippen LogP contribution in [0.15, 0.2) is 30.5 Å². The highest BCUT2D eigenvalue weighted by molar-refractivity contribution is 5.94. The number of carbonyl (C=O) groups excluding carboxylic acids is 2. The van der Waals surface area contributed by atoms with E-state index in [1.165, 1.54) is 6.42 Å². The smallest absolute Gasteiger partial charge is 0.255 e. The Balaban J connectivity index is 1.60. The molecule has 1 atom stereocenters. The van der Waals surface area contributed by atoms with Crippen LogP contribution < -0.4 is 10.2 Å². The number of piperidine rings is 1. The Labute approximate surface area is 184 Å². The summed E-state index contributed by atoms with van der Waals surface area (Å²) in [7, 11) is 0. The van der Waals surface area contributed by atoms with E-state index >= 15 is 0 Å². The first-order valence-corrected chi connectivity index (χ1v) is 11.4. The van der Waals surface area contributed by atoms with Gasteiger partial charge in [0.15, 0.2) is 0 Å². The molecular weight excluding hydrogens is 388 g/mol. The van der Waals surface area contributed by atoms with Crippen LogP contribution >= 0.6 is 0 Å². The molecule has 0 bridgehead atoms. The van der Waals surface area contributed by atoms with Gasteiger partial charge in [0, 0.05) is 43.6 Å². The minimum Gasteiger partial charge on any atom is -0.338 e. The number of hydrogen-bond acceptors (Lipinski definition) is 5. The number of likely N-dealkylation sites (tertiary alicyclic amines) is 1. The van der Waals surface area contributed by atoms with Crippen LogP contribution in [-0.4, -0.2) is 48.3 Å². The minimum absolute atomic E-state index is 0.0993. The standard InChI is InChI=1S/C25H32N4O2/c1-3-26-14-21-13-23(9-8-20(21)17-30)29-11-5-7-19-12-22(15-27-24(19)29)25(31)28-10-4-6-18(2)16-28/h8-9,12-13,15,17-18,26H,3-7,10-11,14,16H2,1-2H3/t18-/m0/s1. The predicted molar refractivity (Wildman–Crippen MR) is 123 cm³/mol. The van der Waals surface area contributed by atoms with E-state index in [-0.39, 0.29) is 5.91 Å². The van der Waals surface area contributed by atoms with E-state index in [9.17, 15) is 9.59 Å². The second kappa shape index (κ2) is 9.60. The van der Waals surface area contributed by atoms with Crippen LogP contribution in [0.2, 0.25) is 0 Å². The molecular formula is C25H32N4O2. The fraction of sp³-hybridized carbons (Fsp3) is 0.480. The maximum Gasteiger partial charge on any atom is 0.255 e. The largest absolute Gasteiger partial charge is 0.338 e. The van der Waals surface area contributed by atoms with Crippen LogP contribution in [-0.2, 0) is 13.0 Å². The van der Waals surface area contributed by atoms with E-state index in [4.69, 9.17) is 4.98 Å². The van der Waals surface area contributed by atoms with Crippen LogP contribution in [0, 0.1) is 5.92 Å². The van der Waals surface area contributed by atoms with Crippen LogP contribution in [0.4, 0.5) is 11.5 Å². The molecule has 1 fully saturated rings. The summed E-state index contributed by atoms with van der Waals surface area (Å²) in [5.41, 5.74) is 4.56. The topological polar surface area (TPSA) is 65.5 Å². The molecule has 0 saturated carbocycles. The zero-order chi connectivity index (χ0) is 21.8. The third-order valence-corrected chi connectivity index (χ3v) is 6.35.